The second-order valence-corrected chi connectivity index (χ2v) is 8.88. The first kappa shape index (κ1) is 22.0. The van der Waals surface area contributed by atoms with Crippen LogP contribution in [-0.4, -0.2) is 10.5 Å². The molecule has 0 radical (unpaired) electrons. The molecule has 0 bridgehead atoms. The molecule has 4 nitrogen and oxygen atoms in total. The Labute approximate surface area is 194 Å². The van der Waals surface area contributed by atoms with Crippen LogP contribution in [0.2, 0.25) is 5.02 Å². The molecule has 4 rings (SSSR count). The Hall–Kier alpha value is -3.24. The van der Waals surface area contributed by atoms with Crippen LogP contribution < -0.4 is 10.6 Å². The number of carbonyl (C=O) groups excluding carboxylic acids is 1. The number of halogens is 1. The van der Waals surface area contributed by atoms with E-state index in [9.17, 15) is 4.79 Å². The number of hydrogen-bond acceptors (Lipinski definition) is 2. The van der Waals surface area contributed by atoms with Crippen molar-refractivity contribution in [2.24, 2.45) is 5.92 Å². The number of benzene rings is 3. The van der Waals surface area contributed by atoms with Gasteiger partial charge in [0.15, 0.2) is 0 Å². The summed E-state index contributed by atoms with van der Waals surface area (Å²) < 4.78 is 2.25. The molecule has 0 fully saturated rings. The van der Waals surface area contributed by atoms with E-state index in [1.807, 2.05) is 56.3 Å². The van der Waals surface area contributed by atoms with E-state index >= 15 is 0 Å². The van der Waals surface area contributed by atoms with Gasteiger partial charge in [0.2, 0.25) is 5.91 Å². The van der Waals surface area contributed by atoms with E-state index in [0.29, 0.717) is 18.9 Å². The summed E-state index contributed by atoms with van der Waals surface area (Å²) in [5, 5.41) is 8.48. The minimum absolute atomic E-state index is 0.0415. The number of hydrogen-bond donors (Lipinski definition) is 2. The summed E-state index contributed by atoms with van der Waals surface area (Å²) in [4.78, 5) is 12.1. The summed E-state index contributed by atoms with van der Waals surface area (Å²) in [6, 6.07) is 24.2. The van der Waals surface area contributed by atoms with Crippen molar-refractivity contribution in [2.75, 3.05) is 10.6 Å². The average Bonchev–Trinajstić information content (AvgIpc) is 3.11. The highest BCUT2D eigenvalue weighted by Gasteiger charge is 2.10. The SMILES string of the molecule is CC(C)CC(=O)Nc1cccc(NCc2cn(Cc3ccccc3Cl)c3ccccc23)c1. The smallest absolute Gasteiger partial charge is 0.224 e. The molecule has 1 aromatic heterocycles. The third kappa shape index (κ3) is 5.32. The number of amides is 1. The van der Waals surface area contributed by atoms with Crippen LogP contribution in [0.1, 0.15) is 31.4 Å². The van der Waals surface area contributed by atoms with Gasteiger partial charge in [0.1, 0.15) is 0 Å². The molecular formula is C27H28ClN3O. The predicted octanol–water partition coefficient (Wildman–Crippen LogP) is 6.94. The quantitative estimate of drug-likeness (QED) is 0.308. The van der Waals surface area contributed by atoms with Crippen LogP contribution in [0.5, 0.6) is 0 Å². The second kappa shape index (κ2) is 9.92. The molecule has 0 saturated carbocycles. The molecular weight excluding hydrogens is 418 g/mol. The van der Waals surface area contributed by atoms with Crippen LogP contribution in [0.15, 0.2) is 79.0 Å². The Morgan fingerprint density at radius 3 is 2.50 bits per heavy atom. The molecule has 0 aliphatic rings. The second-order valence-electron chi connectivity index (χ2n) is 8.47. The lowest BCUT2D eigenvalue weighted by Gasteiger charge is -2.10. The summed E-state index contributed by atoms with van der Waals surface area (Å²) in [5.41, 5.74) is 5.26. The molecule has 164 valence electrons. The van der Waals surface area contributed by atoms with E-state index in [2.05, 4.69) is 51.7 Å². The van der Waals surface area contributed by atoms with E-state index in [1.54, 1.807) is 0 Å². The molecule has 0 unspecified atom stereocenters. The zero-order valence-electron chi connectivity index (χ0n) is 18.4. The number of anilines is 2. The van der Waals surface area contributed by atoms with Gasteiger partial charge >= 0.3 is 0 Å². The number of nitrogens with zero attached hydrogens (tertiary/aromatic N) is 1. The molecule has 0 aliphatic carbocycles. The number of para-hydroxylation sites is 1. The van der Waals surface area contributed by atoms with Crippen molar-refractivity contribution < 1.29 is 4.79 Å². The van der Waals surface area contributed by atoms with Gasteiger partial charge < -0.3 is 15.2 Å². The largest absolute Gasteiger partial charge is 0.381 e. The van der Waals surface area contributed by atoms with Crippen molar-refractivity contribution in [3.63, 3.8) is 0 Å². The average molecular weight is 446 g/mol. The van der Waals surface area contributed by atoms with Crippen molar-refractivity contribution >= 4 is 39.8 Å². The van der Waals surface area contributed by atoms with Gasteiger partial charge in [0.05, 0.1) is 0 Å². The highest BCUT2D eigenvalue weighted by atomic mass is 35.5. The van der Waals surface area contributed by atoms with Crippen LogP contribution >= 0.6 is 11.6 Å². The molecule has 0 aliphatic heterocycles. The number of fused-ring (bicyclic) bond motifs is 1. The molecule has 2 N–H and O–H groups in total. The van der Waals surface area contributed by atoms with Gasteiger partial charge in [-0.2, -0.15) is 0 Å². The summed E-state index contributed by atoms with van der Waals surface area (Å²) in [7, 11) is 0. The van der Waals surface area contributed by atoms with E-state index in [1.165, 1.54) is 16.5 Å². The Balaban J connectivity index is 1.51. The number of aromatic nitrogens is 1. The minimum Gasteiger partial charge on any atom is -0.381 e. The number of nitrogens with one attached hydrogen (secondary N) is 2. The van der Waals surface area contributed by atoms with Gasteiger partial charge in [-0.25, -0.2) is 0 Å². The van der Waals surface area contributed by atoms with Crippen LogP contribution in [0.3, 0.4) is 0 Å². The van der Waals surface area contributed by atoms with E-state index in [-0.39, 0.29) is 5.91 Å². The summed E-state index contributed by atoms with van der Waals surface area (Å²) in [6.07, 6.45) is 2.71. The number of rotatable bonds is 8. The molecule has 3 aromatic carbocycles. The fourth-order valence-corrected chi connectivity index (χ4v) is 4.09. The molecule has 32 heavy (non-hydrogen) atoms. The first-order chi connectivity index (χ1) is 15.5. The van der Waals surface area contributed by atoms with Crippen molar-refractivity contribution in [1.82, 2.24) is 4.57 Å². The Morgan fingerprint density at radius 1 is 0.938 bits per heavy atom. The molecule has 1 heterocycles. The van der Waals surface area contributed by atoms with Crippen LogP contribution in [0.4, 0.5) is 11.4 Å². The summed E-state index contributed by atoms with van der Waals surface area (Å²) in [5.74, 6) is 0.374. The molecule has 0 saturated heterocycles. The first-order valence-corrected chi connectivity index (χ1v) is 11.3. The summed E-state index contributed by atoms with van der Waals surface area (Å²) >= 11 is 6.40. The topological polar surface area (TPSA) is 46.1 Å². The minimum atomic E-state index is 0.0415. The molecule has 0 spiro atoms. The van der Waals surface area contributed by atoms with Crippen molar-refractivity contribution in [3.05, 3.63) is 95.1 Å². The van der Waals surface area contributed by atoms with Crippen LogP contribution in [0.25, 0.3) is 10.9 Å². The fraction of sp³-hybridized carbons (Fsp3) is 0.222. The zero-order chi connectivity index (χ0) is 22.5. The van der Waals surface area contributed by atoms with Crippen LogP contribution in [0, 0.1) is 5.92 Å². The van der Waals surface area contributed by atoms with E-state index in [0.717, 1.165) is 28.5 Å². The predicted molar refractivity (Wildman–Crippen MR) is 134 cm³/mol. The third-order valence-corrected chi connectivity index (χ3v) is 5.76. The van der Waals surface area contributed by atoms with Gasteiger partial charge in [0.25, 0.3) is 0 Å². The Kier molecular flexibility index (Phi) is 6.81. The van der Waals surface area contributed by atoms with Gasteiger partial charge in [-0.15, -0.1) is 0 Å². The Bertz CT molecular complexity index is 1230. The Morgan fingerprint density at radius 2 is 1.69 bits per heavy atom. The van der Waals surface area contributed by atoms with Gasteiger partial charge in [-0.1, -0.05) is 67.9 Å². The third-order valence-electron chi connectivity index (χ3n) is 5.39. The van der Waals surface area contributed by atoms with Crippen molar-refractivity contribution in [1.29, 1.82) is 0 Å². The fourth-order valence-electron chi connectivity index (χ4n) is 3.89. The normalized spacial score (nSPS) is 11.1. The van der Waals surface area contributed by atoms with Gasteiger partial charge in [-0.3, -0.25) is 4.79 Å². The maximum absolute atomic E-state index is 12.1. The van der Waals surface area contributed by atoms with Crippen molar-refractivity contribution in [3.8, 4) is 0 Å². The first-order valence-electron chi connectivity index (χ1n) is 10.9. The monoisotopic (exact) mass is 445 g/mol. The summed E-state index contributed by atoms with van der Waals surface area (Å²) in [6.45, 7) is 5.48. The lowest BCUT2D eigenvalue weighted by atomic mass is 10.1. The maximum atomic E-state index is 12.1. The molecule has 1 amide bonds. The lowest BCUT2D eigenvalue weighted by molar-refractivity contribution is -0.116. The van der Waals surface area contributed by atoms with E-state index in [4.69, 9.17) is 11.6 Å². The van der Waals surface area contributed by atoms with E-state index < -0.39 is 0 Å². The van der Waals surface area contributed by atoms with Crippen molar-refractivity contribution in [2.45, 2.75) is 33.4 Å². The highest BCUT2D eigenvalue weighted by Crippen LogP contribution is 2.26. The molecule has 0 atom stereocenters. The zero-order valence-corrected chi connectivity index (χ0v) is 19.2. The van der Waals surface area contributed by atoms with Gasteiger partial charge in [0, 0.05) is 53.0 Å². The highest BCUT2D eigenvalue weighted by molar-refractivity contribution is 6.31. The lowest BCUT2D eigenvalue weighted by Crippen LogP contribution is -2.13. The molecule has 4 aromatic rings. The van der Waals surface area contributed by atoms with Gasteiger partial charge in [-0.05, 0) is 47.4 Å². The van der Waals surface area contributed by atoms with Crippen LogP contribution in [-0.2, 0) is 17.9 Å². The number of carbonyl (C=O) groups is 1. The standard InChI is InChI=1S/C27H28ClN3O/c1-19(2)14-27(32)30-23-10-7-9-22(15-23)29-16-21-18-31(26-13-6-4-11-24(21)26)17-20-8-3-5-12-25(20)28/h3-13,15,18-19,29H,14,16-17H2,1-2H3,(H,30,32). The molecule has 5 heteroatoms. The maximum Gasteiger partial charge on any atom is 0.224 e.